The largest absolute Gasteiger partial charge is 0.357 e. The van der Waals surface area contributed by atoms with Gasteiger partial charge in [-0.1, -0.05) is 12.1 Å². The van der Waals surface area contributed by atoms with Gasteiger partial charge in [-0.3, -0.25) is 9.79 Å². The summed E-state index contributed by atoms with van der Waals surface area (Å²) in [5.74, 6) is 1.97. The molecule has 0 radical (unpaired) electrons. The number of carbonyl (C=O) groups is 1. The summed E-state index contributed by atoms with van der Waals surface area (Å²) in [6.45, 7) is 12.6. The molecule has 0 aliphatic rings. The Morgan fingerprint density at radius 1 is 1.18 bits per heavy atom. The number of benzene rings is 1. The lowest BCUT2D eigenvalue weighted by atomic mass is 10.3. The minimum atomic E-state index is 0.177. The Morgan fingerprint density at radius 3 is 2.64 bits per heavy atom. The summed E-state index contributed by atoms with van der Waals surface area (Å²) in [6, 6.07) is 8.22. The van der Waals surface area contributed by atoms with Crippen LogP contribution in [0.3, 0.4) is 0 Å². The van der Waals surface area contributed by atoms with E-state index in [4.69, 9.17) is 0 Å². The third-order valence-electron chi connectivity index (χ3n) is 4.75. The number of para-hydroxylation sites is 2. The highest BCUT2D eigenvalue weighted by Crippen LogP contribution is 2.15. The number of hydrogen-bond donors (Lipinski definition) is 2. The Kier molecular flexibility index (Phi) is 8.78. The Bertz CT molecular complexity index is 778. The molecular formula is C21H34N6O. The van der Waals surface area contributed by atoms with Crippen LogP contribution in [0.4, 0.5) is 0 Å². The molecule has 7 nitrogen and oxygen atoms in total. The van der Waals surface area contributed by atoms with Gasteiger partial charge in [0.05, 0.1) is 11.0 Å². The van der Waals surface area contributed by atoms with Crippen LogP contribution in [-0.4, -0.2) is 59.0 Å². The normalized spacial score (nSPS) is 11.6. The molecule has 0 saturated heterocycles. The first-order valence-corrected chi connectivity index (χ1v) is 10.3. The summed E-state index contributed by atoms with van der Waals surface area (Å²) >= 11 is 0. The van der Waals surface area contributed by atoms with Gasteiger partial charge in [-0.2, -0.15) is 0 Å². The molecule has 0 atom stereocenters. The van der Waals surface area contributed by atoms with E-state index in [-0.39, 0.29) is 5.91 Å². The molecule has 2 aromatic rings. The van der Waals surface area contributed by atoms with Crippen LogP contribution in [-0.2, 0) is 11.3 Å². The molecule has 0 unspecified atom stereocenters. The molecule has 0 spiro atoms. The standard InChI is InChI=1S/C21H34N6O/c1-5-22-21(24-15-13-20(28)26(6-2)7-3)23-14-10-16-27-17(4)25-18-11-8-9-12-19(18)27/h8-9,11-12H,5-7,10,13-16H2,1-4H3,(H2,22,23,24). The van der Waals surface area contributed by atoms with Crippen molar-refractivity contribution in [2.75, 3.05) is 32.7 Å². The number of amides is 1. The van der Waals surface area contributed by atoms with Crippen LogP contribution in [0.2, 0.25) is 0 Å². The first-order chi connectivity index (χ1) is 13.6. The van der Waals surface area contributed by atoms with Crippen molar-refractivity contribution < 1.29 is 4.79 Å². The molecule has 2 N–H and O–H groups in total. The summed E-state index contributed by atoms with van der Waals surface area (Å²) in [7, 11) is 0. The van der Waals surface area contributed by atoms with E-state index in [1.807, 2.05) is 50.8 Å². The number of imidazole rings is 1. The number of carbonyl (C=O) groups excluding carboxylic acids is 1. The van der Waals surface area contributed by atoms with Gasteiger partial charge in [-0.15, -0.1) is 0 Å². The van der Waals surface area contributed by atoms with Crippen molar-refractivity contribution in [1.29, 1.82) is 0 Å². The van der Waals surface area contributed by atoms with E-state index in [9.17, 15) is 4.79 Å². The van der Waals surface area contributed by atoms with Crippen molar-refractivity contribution in [1.82, 2.24) is 25.1 Å². The van der Waals surface area contributed by atoms with E-state index in [1.165, 1.54) is 5.52 Å². The molecule has 1 aromatic carbocycles. The quantitative estimate of drug-likeness (QED) is 0.374. The Hall–Kier alpha value is -2.57. The van der Waals surface area contributed by atoms with Gasteiger partial charge in [-0.05, 0) is 46.2 Å². The average molecular weight is 387 g/mol. The van der Waals surface area contributed by atoms with E-state index < -0.39 is 0 Å². The summed E-state index contributed by atoms with van der Waals surface area (Å²) in [5.41, 5.74) is 2.21. The lowest BCUT2D eigenvalue weighted by Crippen LogP contribution is -2.40. The summed E-state index contributed by atoms with van der Waals surface area (Å²) < 4.78 is 2.24. The van der Waals surface area contributed by atoms with Gasteiger partial charge in [0.25, 0.3) is 0 Å². The van der Waals surface area contributed by atoms with Crippen LogP contribution in [0.15, 0.2) is 29.3 Å². The first kappa shape index (κ1) is 21.7. The highest BCUT2D eigenvalue weighted by Gasteiger charge is 2.09. The molecule has 0 saturated carbocycles. The maximum absolute atomic E-state index is 12.1. The zero-order valence-electron chi connectivity index (χ0n) is 17.7. The van der Waals surface area contributed by atoms with Gasteiger partial charge in [0.15, 0.2) is 5.96 Å². The molecule has 1 heterocycles. The van der Waals surface area contributed by atoms with Crippen LogP contribution in [0, 0.1) is 6.92 Å². The van der Waals surface area contributed by atoms with Gasteiger partial charge < -0.3 is 20.1 Å². The fourth-order valence-corrected chi connectivity index (χ4v) is 3.26. The van der Waals surface area contributed by atoms with Gasteiger partial charge in [0.1, 0.15) is 5.82 Å². The third-order valence-corrected chi connectivity index (χ3v) is 4.75. The van der Waals surface area contributed by atoms with Crippen LogP contribution in [0.1, 0.15) is 39.4 Å². The third kappa shape index (κ3) is 5.97. The molecule has 154 valence electrons. The number of aliphatic imine (C=N–C) groups is 1. The predicted molar refractivity (Wildman–Crippen MR) is 116 cm³/mol. The molecule has 1 amide bonds. The number of fused-ring (bicyclic) bond motifs is 1. The highest BCUT2D eigenvalue weighted by molar-refractivity contribution is 5.81. The second-order valence-electron chi connectivity index (χ2n) is 6.66. The molecule has 0 bridgehead atoms. The number of aromatic nitrogens is 2. The number of rotatable bonds is 10. The smallest absolute Gasteiger partial charge is 0.224 e. The fourth-order valence-electron chi connectivity index (χ4n) is 3.26. The van der Waals surface area contributed by atoms with Crippen molar-refractivity contribution in [3.8, 4) is 0 Å². The van der Waals surface area contributed by atoms with Crippen molar-refractivity contribution >= 4 is 22.9 Å². The molecular weight excluding hydrogens is 352 g/mol. The van der Waals surface area contributed by atoms with E-state index in [1.54, 1.807) is 0 Å². The van der Waals surface area contributed by atoms with E-state index in [0.29, 0.717) is 19.5 Å². The SMILES string of the molecule is CCNC(=NCCCn1c(C)nc2ccccc21)NCCC(=O)N(CC)CC. The molecule has 0 aliphatic carbocycles. The average Bonchev–Trinajstić information content (AvgIpc) is 3.01. The van der Waals surface area contributed by atoms with Crippen molar-refractivity contribution in [3.63, 3.8) is 0 Å². The maximum atomic E-state index is 12.1. The molecule has 28 heavy (non-hydrogen) atoms. The highest BCUT2D eigenvalue weighted by atomic mass is 16.2. The minimum Gasteiger partial charge on any atom is -0.357 e. The van der Waals surface area contributed by atoms with Crippen molar-refractivity contribution in [2.45, 2.75) is 47.1 Å². The Balaban J connectivity index is 1.83. The minimum absolute atomic E-state index is 0.177. The number of aryl methyl sites for hydroxylation is 2. The predicted octanol–water partition coefficient (Wildman–Crippen LogP) is 2.55. The molecule has 1 aromatic heterocycles. The van der Waals surface area contributed by atoms with Gasteiger partial charge in [0.2, 0.25) is 5.91 Å². The number of nitrogens with one attached hydrogen (secondary N) is 2. The second-order valence-corrected chi connectivity index (χ2v) is 6.66. The van der Waals surface area contributed by atoms with E-state index >= 15 is 0 Å². The first-order valence-electron chi connectivity index (χ1n) is 10.3. The lowest BCUT2D eigenvalue weighted by Gasteiger charge is -2.19. The number of nitrogens with zero attached hydrogens (tertiary/aromatic N) is 4. The number of guanidine groups is 1. The molecule has 0 aliphatic heterocycles. The van der Waals surface area contributed by atoms with Crippen molar-refractivity contribution in [2.24, 2.45) is 4.99 Å². The Labute approximate surface area is 168 Å². The monoisotopic (exact) mass is 386 g/mol. The number of hydrogen-bond acceptors (Lipinski definition) is 3. The zero-order valence-corrected chi connectivity index (χ0v) is 17.7. The van der Waals surface area contributed by atoms with E-state index in [0.717, 1.165) is 49.9 Å². The van der Waals surface area contributed by atoms with Crippen LogP contribution < -0.4 is 10.6 Å². The fraction of sp³-hybridized carbons (Fsp3) is 0.571. The summed E-state index contributed by atoms with van der Waals surface area (Å²) in [4.78, 5) is 23.2. The van der Waals surface area contributed by atoms with E-state index in [2.05, 4.69) is 31.2 Å². The molecule has 0 fully saturated rings. The Morgan fingerprint density at radius 2 is 1.93 bits per heavy atom. The second kappa shape index (κ2) is 11.3. The molecule has 7 heteroatoms. The van der Waals surface area contributed by atoms with Gasteiger partial charge in [0, 0.05) is 45.7 Å². The van der Waals surface area contributed by atoms with Crippen LogP contribution in [0.5, 0.6) is 0 Å². The van der Waals surface area contributed by atoms with Crippen LogP contribution >= 0.6 is 0 Å². The van der Waals surface area contributed by atoms with Gasteiger partial charge in [-0.25, -0.2) is 4.98 Å². The topological polar surface area (TPSA) is 74.5 Å². The molecule has 2 rings (SSSR count). The summed E-state index contributed by atoms with van der Waals surface area (Å²) in [6.07, 6.45) is 1.41. The van der Waals surface area contributed by atoms with Crippen molar-refractivity contribution in [3.05, 3.63) is 30.1 Å². The van der Waals surface area contributed by atoms with Gasteiger partial charge >= 0.3 is 0 Å². The summed E-state index contributed by atoms with van der Waals surface area (Å²) in [5, 5.41) is 6.50. The maximum Gasteiger partial charge on any atom is 0.224 e. The van der Waals surface area contributed by atoms with Crippen LogP contribution in [0.25, 0.3) is 11.0 Å². The lowest BCUT2D eigenvalue weighted by molar-refractivity contribution is -0.130. The zero-order chi connectivity index (χ0) is 20.4.